The van der Waals surface area contributed by atoms with Gasteiger partial charge in [-0.25, -0.2) is 0 Å². The van der Waals surface area contributed by atoms with Crippen LogP contribution in [0.25, 0.3) is 0 Å². The highest BCUT2D eigenvalue weighted by atomic mass is 19.4. The van der Waals surface area contributed by atoms with Gasteiger partial charge in [0.25, 0.3) is 5.91 Å². The smallest absolute Gasteiger partial charge is 0.383 e. The molecule has 2 aromatic rings. The van der Waals surface area contributed by atoms with Crippen molar-refractivity contribution in [2.24, 2.45) is 5.92 Å². The van der Waals surface area contributed by atoms with Crippen molar-refractivity contribution < 1.29 is 27.9 Å². The second-order valence-electron chi connectivity index (χ2n) is 9.29. The maximum Gasteiger partial charge on any atom is 0.416 e. The Morgan fingerprint density at radius 2 is 1.94 bits per heavy atom. The molecule has 1 aliphatic carbocycles. The van der Waals surface area contributed by atoms with Crippen molar-refractivity contribution in [2.75, 3.05) is 19.6 Å². The first-order valence-electron chi connectivity index (χ1n) is 11.6. The molecule has 2 fully saturated rings. The number of carbonyl (C=O) groups excluding carboxylic acids is 2. The van der Waals surface area contributed by atoms with E-state index in [1.54, 1.807) is 18.6 Å². The number of hydrogen-bond donors (Lipinski definition) is 4. The zero-order valence-corrected chi connectivity index (χ0v) is 19.1. The van der Waals surface area contributed by atoms with Crippen molar-refractivity contribution in [1.82, 2.24) is 25.9 Å². The first-order valence-corrected chi connectivity index (χ1v) is 11.6. The van der Waals surface area contributed by atoms with E-state index in [0.29, 0.717) is 44.3 Å². The lowest BCUT2D eigenvalue weighted by molar-refractivity contribution is -0.137. The summed E-state index contributed by atoms with van der Waals surface area (Å²) >= 11 is 0. The number of halogens is 3. The van der Waals surface area contributed by atoms with E-state index in [0.717, 1.165) is 24.7 Å². The van der Waals surface area contributed by atoms with Crippen molar-refractivity contribution in [1.29, 1.82) is 0 Å². The van der Waals surface area contributed by atoms with Crippen molar-refractivity contribution >= 4 is 11.8 Å². The Hall–Kier alpha value is -3.05. The molecule has 188 valence electrons. The average molecular weight is 492 g/mol. The average Bonchev–Trinajstić information content (AvgIpc) is 3.32. The predicted octanol–water partition coefficient (Wildman–Crippen LogP) is 2.15. The number of hydrogen-bond acceptors (Lipinski definition) is 6. The molecular weight excluding hydrogens is 463 g/mol. The van der Waals surface area contributed by atoms with Crippen LogP contribution in [0.1, 0.15) is 53.7 Å². The second-order valence-corrected chi connectivity index (χ2v) is 9.29. The third-order valence-electron chi connectivity index (χ3n) is 7.07. The van der Waals surface area contributed by atoms with Gasteiger partial charge in [-0.3, -0.25) is 19.6 Å². The van der Waals surface area contributed by atoms with Gasteiger partial charge in [-0.2, -0.15) is 13.2 Å². The molecule has 4 N–H and O–H groups in total. The van der Waals surface area contributed by atoms with Gasteiger partial charge in [0.05, 0.1) is 29.5 Å². The minimum Gasteiger partial charge on any atom is -0.383 e. The van der Waals surface area contributed by atoms with Gasteiger partial charge in [0.1, 0.15) is 5.60 Å². The fourth-order valence-electron chi connectivity index (χ4n) is 5.13. The molecule has 11 heteroatoms. The van der Waals surface area contributed by atoms with E-state index in [1.807, 2.05) is 0 Å². The fraction of sp³-hybridized carbons (Fsp3) is 0.500. The topological polar surface area (TPSA) is 116 Å². The maximum absolute atomic E-state index is 12.9. The van der Waals surface area contributed by atoms with Crippen molar-refractivity contribution in [3.8, 4) is 0 Å². The summed E-state index contributed by atoms with van der Waals surface area (Å²) in [7, 11) is 0. The summed E-state index contributed by atoms with van der Waals surface area (Å²) in [6.07, 6.45) is 3.14. The molecule has 2 heterocycles. The largest absolute Gasteiger partial charge is 0.416 e. The molecule has 0 unspecified atom stereocenters. The third-order valence-corrected chi connectivity index (χ3v) is 7.07. The maximum atomic E-state index is 12.9. The van der Waals surface area contributed by atoms with Crippen LogP contribution < -0.4 is 16.0 Å². The number of amides is 2. The summed E-state index contributed by atoms with van der Waals surface area (Å²) in [5.74, 6) is -1.06. The highest BCUT2D eigenvalue weighted by Crippen LogP contribution is 2.43. The van der Waals surface area contributed by atoms with Gasteiger partial charge in [-0.15, -0.1) is 0 Å². The van der Waals surface area contributed by atoms with Gasteiger partial charge in [0.2, 0.25) is 5.91 Å². The van der Waals surface area contributed by atoms with Gasteiger partial charge < -0.3 is 21.1 Å². The number of benzene rings is 1. The SMILES string of the molecule is O=C(CNC(=O)c1cccc(C(F)(F)F)c1)N[C@@]1(C2CCC(O)(c3cnccn3)CC2)CCNC1. The van der Waals surface area contributed by atoms with Crippen LogP contribution in [-0.4, -0.2) is 52.1 Å². The van der Waals surface area contributed by atoms with E-state index in [1.165, 1.54) is 6.07 Å². The standard InChI is InChI=1S/C24H28F3N5O3/c25-24(26,27)18-3-1-2-16(12-18)21(34)31-14-20(33)32-22(8-9-29-15-22)17-4-6-23(35,7-5-17)19-13-28-10-11-30-19/h1-3,10-13,17,29,35H,4-9,14-15H2,(H,31,34)(H,32,33)/t17?,22-,23?/m0/s1. The van der Waals surface area contributed by atoms with Gasteiger partial charge >= 0.3 is 6.18 Å². The molecule has 2 amide bonds. The molecule has 8 nitrogen and oxygen atoms in total. The minimum absolute atomic E-state index is 0.109. The summed E-state index contributed by atoms with van der Waals surface area (Å²) in [4.78, 5) is 33.4. The normalized spacial score (nSPS) is 26.8. The lowest BCUT2D eigenvalue weighted by Crippen LogP contribution is -2.58. The van der Waals surface area contributed by atoms with Crippen molar-refractivity contribution in [2.45, 2.75) is 49.4 Å². The van der Waals surface area contributed by atoms with Crippen LogP contribution in [0.15, 0.2) is 42.9 Å². The van der Waals surface area contributed by atoms with Gasteiger partial charge in [-0.1, -0.05) is 6.07 Å². The Kier molecular flexibility index (Phi) is 7.09. The molecular formula is C24H28F3N5O3. The van der Waals surface area contributed by atoms with E-state index in [-0.39, 0.29) is 18.0 Å². The fourth-order valence-corrected chi connectivity index (χ4v) is 5.13. The summed E-state index contributed by atoms with van der Waals surface area (Å²) < 4.78 is 38.7. The Balaban J connectivity index is 1.36. The van der Waals surface area contributed by atoms with E-state index < -0.39 is 34.7 Å². The Morgan fingerprint density at radius 3 is 2.57 bits per heavy atom. The van der Waals surface area contributed by atoms with Crippen LogP contribution in [-0.2, 0) is 16.6 Å². The molecule has 1 aliphatic heterocycles. The molecule has 1 saturated carbocycles. The number of alkyl halides is 3. The summed E-state index contributed by atoms with van der Waals surface area (Å²) in [5.41, 5.74) is -2.13. The summed E-state index contributed by atoms with van der Waals surface area (Å²) in [6.45, 7) is 0.934. The van der Waals surface area contributed by atoms with Crippen LogP contribution >= 0.6 is 0 Å². The molecule has 4 rings (SSSR count). The van der Waals surface area contributed by atoms with Crippen LogP contribution in [0, 0.1) is 5.92 Å². The molecule has 1 atom stereocenters. The summed E-state index contributed by atoms with van der Waals surface area (Å²) in [6, 6.07) is 4.07. The van der Waals surface area contributed by atoms with Crippen LogP contribution in [0.4, 0.5) is 13.2 Å². The van der Waals surface area contributed by atoms with Crippen LogP contribution in [0.5, 0.6) is 0 Å². The second kappa shape index (κ2) is 9.90. The molecule has 1 saturated heterocycles. The Bertz CT molecular complexity index is 1050. The van der Waals surface area contributed by atoms with Crippen LogP contribution in [0.2, 0.25) is 0 Å². The van der Waals surface area contributed by atoms with E-state index in [9.17, 15) is 27.9 Å². The zero-order chi connectivity index (χ0) is 25.1. The Labute approximate surface area is 200 Å². The zero-order valence-electron chi connectivity index (χ0n) is 19.1. The highest BCUT2D eigenvalue weighted by Gasteiger charge is 2.47. The molecule has 2 aliphatic rings. The monoisotopic (exact) mass is 491 g/mol. The first kappa shape index (κ1) is 25.1. The molecule has 0 spiro atoms. The van der Waals surface area contributed by atoms with Gasteiger partial charge in [-0.05, 0) is 62.8 Å². The van der Waals surface area contributed by atoms with Gasteiger partial charge in [0, 0.05) is 24.5 Å². The van der Waals surface area contributed by atoms with E-state index >= 15 is 0 Å². The molecule has 0 radical (unpaired) electrons. The molecule has 35 heavy (non-hydrogen) atoms. The molecule has 0 bridgehead atoms. The van der Waals surface area contributed by atoms with Crippen molar-refractivity contribution in [3.05, 3.63) is 59.7 Å². The van der Waals surface area contributed by atoms with E-state index in [2.05, 4.69) is 25.9 Å². The number of rotatable bonds is 6. The number of nitrogens with zero attached hydrogens (tertiary/aromatic N) is 2. The van der Waals surface area contributed by atoms with Crippen molar-refractivity contribution in [3.63, 3.8) is 0 Å². The highest BCUT2D eigenvalue weighted by molar-refractivity contribution is 5.96. The minimum atomic E-state index is -4.56. The number of carbonyl (C=O) groups is 2. The first-order chi connectivity index (χ1) is 16.6. The number of nitrogens with one attached hydrogen (secondary N) is 3. The third kappa shape index (κ3) is 5.62. The summed E-state index contributed by atoms with van der Waals surface area (Å²) in [5, 5.41) is 19.8. The molecule has 1 aromatic heterocycles. The number of aliphatic hydroxyl groups is 1. The van der Waals surface area contributed by atoms with Crippen LogP contribution in [0.3, 0.4) is 0 Å². The quantitative estimate of drug-likeness (QED) is 0.492. The Morgan fingerprint density at radius 1 is 1.17 bits per heavy atom. The number of aromatic nitrogens is 2. The molecule has 1 aromatic carbocycles. The van der Waals surface area contributed by atoms with Gasteiger partial charge in [0.15, 0.2) is 0 Å². The lowest BCUT2D eigenvalue weighted by Gasteiger charge is -2.44. The predicted molar refractivity (Wildman–Crippen MR) is 120 cm³/mol. The lowest BCUT2D eigenvalue weighted by atomic mass is 9.69. The van der Waals surface area contributed by atoms with E-state index in [4.69, 9.17) is 0 Å².